The first-order chi connectivity index (χ1) is 8.58. The van der Waals surface area contributed by atoms with Crippen LogP contribution in [0.1, 0.15) is 25.6 Å². The molecule has 0 bridgehead atoms. The van der Waals surface area contributed by atoms with E-state index in [1.54, 1.807) is 6.20 Å². The summed E-state index contributed by atoms with van der Waals surface area (Å²) in [6.07, 6.45) is 1.86. The third-order valence-corrected chi connectivity index (χ3v) is 3.22. The first-order valence-electron chi connectivity index (χ1n) is 6.44. The predicted molar refractivity (Wildman–Crippen MR) is 71.8 cm³/mol. The van der Waals surface area contributed by atoms with E-state index in [1.807, 2.05) is 25.1 Å². The number of nitrogens with zero attached hydrogens (tertiary/aromatic N) is 4. The minimum atomic E-state index is 0.0582. The maximum atomic E-state index is 5.83. The van der Waals surface area contributed by atoms with Gasteiger partial charge in [0.2, 0.25) is 5.95 Å². The molecule has 100 valence electrons. The van der Waals surface area contributed by atoms with Crippen LogP contribution in [0.4, 0.5) is 5.95 Å². The highest BCUT2D eigenvalue weighted by molar-refractivity contribution is 5.27. The summed E-state index contributed by atoms with van der Waals surface area (Å²) in [5.74, 6) is 0.734. The van der Waals surface area contributed by atoms with E-state index >= 15 is 0 Å². The van der Waals surface area contributed by atoms with Gasteiger partial charge in [0.15, 0.2) is 0 Å². The van der Waals surface area contributed by atoms with E-state index in [0.29, 0.717) is 6.04 Å². The largest absolute Gasteiger partial charge is 0.369 e. The Morgan fingerprint density at radius 2 is 2.22 bits per heavy atom. The second kappa shape index (κ2) is 5.63. The predicted octanol–water partition coefficient (Wildman–Crippen LogP) is 1.32. The van der Waals surface area contributed by atoms with Crippen LogP contribution in [0.5, 0.6) is 0 Å². The van der Waals surface area contributed by atoms with Crippen LogP contribution in [0, 0.1) is 0 Å². The molecule has 1 fully saturated rings. The molecule has 1 aliphatic rings. The van der Waals surface area contributed by atoms with Gasteiger partial charge in [0.25, 0.3) is 0 Å². The first-order valence-corrected chi connectivity index (χ1v) is 6.44. The fraction of sp³-hybridized carbons (Fsp3) is 0.692. The number of rotatable bonds is 3. The Bertz CT molecular complexity index is 394. The summed E-state index contributed by atoms with van der Waals surface area (Å²) in [5, 5.41) is 0. The molecule has 0 N–H and O–H groups in total. The summed E-state index contributed by atoms with van der Waals surface area (Å²) in [6.45, 7) is 7.10. The Labute approximate surface area is 109 Å². The maximum absolute atomic E-state index is 5.83. The average molecular weight is 250 g/mol. The lowest BCUT2D eigenvalue weighted by Crippen LogP contribution is -2.42. The van der Waals surface area contributed by atoms with Gasteiger partial charge in [0, 0.05) is 39.4 Å². The zero-order valence-electron chi connectivity index (χ0n) is 11.6. The van der Waals surface area contributed by atoms with E-state index in [9.17, 15) is 0 Å². The fourth-order valence-electron chi connectivity index (χ4n) is 2.07. The van der Waals surface area contributed by atoms with Gasteiger partial charge in [-0.15, -0.1) is 0 Å². The molecule has 5 heteroatoms. The first kappa shape index (κ1) is 13.2. The smallest absolute Gasteiger partial charge is 0.225 e. The Hall–Kier alpha value is -1.20. The number of ether oxygens (including phenoxy) is 1. The van der Waals surface area contributed by atoms with E-state index in [2.05, 4.69) is 28.7 Å². The molecular formula is C13H22N4O. The quantitative estimate of drug-likeness (QED) is 0.809. The van der Waals surface area contributed by atoms with Crippen LogP contribution in [-0.2, 0) is 4.74 Å². The van der Waals surface area contributed by atoms with Gasteiger partial charge in [0.1, 0.15) is 6.10 Å². The summed E-state index contributed by atoms with van der Waals surface area (Å²) < 4.78 is 5.83. The van der Waals surface area contributed by atoms with Crippen molar-refractivity contribution in [3.05, 3.63) is 18.0 Å². The van der Waals surface area contributed by atoms with E-state index < -0.39 is 0 Å². The highest BCUT2D eigenvalue weighted by Gasteiger charge is 2.24. The molecule has 2 heterocycles. The van der Waals surface area contributed by atoms with Crippen molar-refractivity contribution in [3.63, 3.8) is 0 Å². The molecular weight excluding hydrogens is 228 g/mol. The van der Waals surface area contributed by atoms with E-state index in [4.69, 9.17) is 4.74 Å². The highest BCUT2D eigenvalue weighted by atomic mass is 16.5. The SMILES string of the molecule is CC(C)N1CCO[C@@H](c2ccnc(N(C)C)n2)C1. The van der Waals surface area contributed by atoms with Crippen LogP contribution in [0.3, 0.4) is 0 Å². The van der Waals surface area contributed by atoms with E-state index in [1.165, 1.54) is 0 Å². The second-order valence-corrected chi connectivity index (χ2v) is 5.12. The molecule has 1 atom stereocenters. The summed E-state index contributed by atoms with van der Waals surface area (Å²) in [5.41, 5.74) is 0.971. The number of hydrogen-bond donors (Lipinski definition) is 0. The van der Waals surface area contributed by atoms with E-state index in [-0.39, 0.29) is 6.10 Å². The van der Waals surface area contributed by atoms with E-state index in [0.717, 1.165) is 31.3 Å². The van der Waals surface area contributed by atoms with Crippen molar-refractivity contribution in [2.75, 3.05) is 38.7 Å². The van der Waals surface area contributed by atoms with Crippen molar-refractivity contribution in [1.29, 1.82) is 0 Å². The van der Waals surface area contributed by atoms with Crippen molar-refractivity contribution in [1.82, 2.24) is 14.9 Å². The van der Waals surface area contributed by atoms with Crippen LogP contribution in [-0.4, -0.2) is 54.7 Å². The van der Waals surface area contributed by atoms with Gasteiger partial charge >= 0.3 is 0 Å². The Kier molecular flexibility index (Phi) is 4.14. The lowest BCUT2D eigenvalue weighted by Gasteiger charge is -2.35. The molecule has 18 heavy (non-hydrogen) atoms. The molecule has 0 aliphatic carbocycles. The van der Waals surface area contributed by atoms with Gasteiger partial charge in [-0.25, -0.2) is 9.97 Å². The fourth-order valence-corrected chi connectivity index (χ4v) is 2.07. The lowest BCUT2D eigenvalue weighted by molar-refractivity contribution is -0.0421. The zero-order valence-corrected chi connectivity index (χ0v) is 11.6. The van der Waals surface area contributed by atoms with Crippen molar-refractivity contribution in [3.8, 4) is 0 Å². The summed E-state index contributed by atoms with van der Waals surface area (Å²) in [6, 6.07) is 2.49. The minimum Gasteiger partial charge on any atom is -0.369 e. The molecule has 1 aliphatic heterocycles. The van der Waals surface area contributed by atoms with Gasteiger partial charge in [0.05, 0.1) is 12.3 Å². The number of hydrogen-bond acceptors (Lipinski definition) is 5. The highest BCUT2D eigenvalue weighted by Crippen LogP contribution is 2.22. The van der Waals surface area contributed by atoms with Crippen LogP contribution < -0.4 is 4.90 Å². The third kappa shape index (κ3) is 2.97. The molecule has 5 nitrogen and oxygen atoms in total. The van der Waals surface area contributed by atoms with Gasteiger partial charge in [-0.05, 0) is 19.9 Å². The molecule has 0 aromatic carbocycles. The zero-order chi connectivity index (χ0) is 13.1. The van der Waals surface area contributed by atoms with Crippen molar-refractivity contribution in [2.24, 2.45) is 0 Å². The van der Waals surface area contributed by atoms with Gasteiger partial charge in [-0.1, -0.05) is 0 Å². The minimum absolute atomic E-state index is 0.0582. The Morgan fingerprint density at radius 3 is 2.89 bits per heavy atom. The molecule has 1 saturated heterocycles. The molecule has 0 saturated carbocycles. The lowest BCUT2D eigenvalue weighted by atomic mass is 10.1. The molecule has 0 spiro atoms. The maximum Gasteiger partial charge on any atom is 0.225 e. The molecule has 0 unspecified atom stereocenters. The number of morpholine rings is 1. The standard InChI is InChI=1S/C13H22N4O/c1-10(2)17-7-8-18-12(9-17)11-5-6-14-13(15-11)16(3)4/h5-6,10,12H,7-9H2,1-4H3/t12-/m1/s1. The van der Waals surface area contributed by atoms with Crippen LogP contribution in [0.15, 0.2) is 12.3 Å². The molecule has 2 rings (SSSR count). The van der Waals surface area contributed by atoms with Crippen LogP contribution in [0.25, 0.3) is 0 Å². The van der Waals surface area contributed by atoms with Gasteiger partial charge < -0.3 is 9.64 Å². The summed E-state index contributed by atoms with van der Waals surface area (Å²) >= 11 is 0. The molecule has 0 radical (unpaired) electrons. The Balaban J connectivity index is 2.13. The van der Waals surface area contributed by atoms with Gasteiger partial charge in [-0.3, -0.25) is 4.90 Å². The van der Waals surface area contributed by atoms with Crippen molar-refractivity contribution < 1.29 is 4.74 Å². The van der Waals surface area contributed by atoms with Crippen LogP contribution in [0.2, 0.25) is 0 Å². The summed E-state index contributed by atoms with van der Waals surface area (Å²) in [4.78, 5) is 13.1. The topological polar surface area (TPSA) is 41.5 Å². The van der Waals surface area contributed by atoms with Crippen LogP contribution >= 0.6 is 0 Å². The summed E-state index contributed by atoms with van der Waals surface area (Å²) in [7, 11) is 3.89. The Morgan fingerprint density at radius 1 is 1.44 bits per heavy atom. The molecule has 1 aromatic rings. The number of anilines is 1. The molecule has 1 aromatic heterocycles. The van der Waals surface area contributed by atoms with Gasteiger partial charge in [-0.2, -0.15) is 0 Å². The third-order valence-electron chi connectivity index (χ3n) is 3.22. The molecule has 0 amide bonds. The second-order valence-electron chi connectivity index (χ2n) is 5.12. The number of aromatic nitrogens is 2. The normalized spacial score (nSPS) is 21.3. The van der Waals surface area contributed by atoms with Crippen molar-refractivity contribution in [2.45, 2.75) is 26.0 Å². The van der Waals surface area contributed by atoms with Crippen molar-refractivity contribution >= 4 is 5.95 Å². The monoisotopic (exact) mass is 250 g/mol. The average Bonchev–Trinajstić information content (AvgIpc) is 2.39.